The summed E-state index contributed by atoms with van der Waals surface area (Å²) in [5, 5.41) is 0.431. The molecule has 0 bridgehead atoms. The molecule has 0 aliphatic carbocycles. The van der Waals surface area contributed by atoms with Gasteiger partial charge in [-0.3, -0.25) is 14.5 Å². The van der Waals surface area contributed by atoms with Crippen LogP contribution in [0.15, 0.2) is 82.5 Å². The quantitative estimate of drug-likeness (QED) is 0.285. The van der Waals surface area contributed by atoms with Crippen LogP contribution in [0, 0.1) is 6.92 Å². The van der Waals surface area contributed by atoms with Crippen LogP contribution in [0.3, 0.4) is 0 Å². The Hall–Kier alpha value is -4.52. The summed E-state index contributed by atoms with van der Waals surface area (Å²) in [6.45, 7) is 8.22. The molecule has 7 nitrogen and oxygen atoms in total. The average molecular weight is 498 g/mol. The van der Waals surface area contributed by atoms with Gasteiger partial charge in [0.1, 0.15) is 17.9 Å². The number of fused-ring (bicyclic) bond motifs is 2. The van der Waals surface area contributed by atoms with Gasteiger partial charge in [-0.25, -0.2) is 0 Å². The fourth-order valence-corrected chi connectivity index (χ4v) is 4.66. The van der Waals surface area contributed by atoms with Crippen molar-refractivity contribution < 1.29 is 23.4 Å². The highest BCUT2D eigenvalue weighted by Gasteiger charge is 2.44. The van der Waals surface area contributed by atoms with Gasteiger partial charge in [0.25, 0.3) is 5.91 Å². The molecule has 1 aromatic heterocycles. The summed E-state index contributed by atoms with van der Waals surface area (Å²) in [6.07, 6.45) is 1.65. The van der Waals surface area contributed by atoms with Crippen molar-refractivity contribution in [1.29, 1.82) is 0 Å². The van der Waals surface area contributed by atoms with Crippen molar-refractivity contribution in [3.05, 3.63) is 106 Å². The van der Waals surface area contributed by atoms with Crippen molar-refractivity contribution in [2.75, 3.05) is 25.2 Å². The molecular weight excluding hydrogens is 470 g/mol. The standard InChI is InChI=1S/C30H27NO6/c1-5-14-36-24-13-11-19(16-25(24)35-6-2)27-26-28(32)22-15-18(3)10-12-23(22)37-29(26)30(33)31(27)20-8-7-9-21(17-20)34-4/h5,7-13,15-17,27H,1,6,14H2,2-4H3. The van der Waals surface area contributed by atoms with E-state index in [1.54, 1.807) is 60.6 Å². The van der Waals surface area contributed by atoms with E-state index >= 15 is 0 Å². The van der Waals surface area contributed by atoms with Crippen LogP contribution in [0.4, 0.5) is 5.69 Å². The molecule has 7 heteroatoms. The lowest BCUT2D eigenvalue weighted by molar-refractivity contribution is 0.0971. The molecule has 5 rings (SSSR count). The van der Waals surface area contributed by atoms with Gasteiger partial charge in [-0.2, -0.15) is 0 Å². The molecule has 188 valence electrons. The minimum absolute atomic E-state index is 0.0270. The van der Waals surface area contributed by atoms with E-state index in [4.69, 9.17) is 18.6 Å². The van der Waals surface area contributed by atoms with Gasteiger partial charge >= 0.3 is 0 Å². The van der Waals surface area contributed by atoms with Crippen LogP contribution in [-0.2, 0) is 0 Å². The zero-order chi connectivity index (χ0) is 26.1. The zero-order valence-electron chi connectivity index (χ0n) is 20.9. The van der Waals surface area contributed by atoms with Crippen LogP contribution >= 0.6 is 0 Å². The molecule has 3 aromatic carbocycles. The highest BCUT2D eigenvalue weighted by Crippen LogP contribution is 2.44. The van der Waals surface area contributed by atoms with E-state index in [1.165, 1.54) is 0 Å². The summed E-state index contributed by atoms with van der Waals surface area (Å²) < 4.78 is 23.1. The first kappa shape index (κ1) is 24.2. The van der Waals surface area contributed by atoms with Gasteiger partial charge in [0, 0.05) is 11.8 Å². The third-order valence-electron chi connectivity index (χ3n) is 6.30. The Morgan fingerprint density at radius 2 is 1.86 bits per heavy atom. The first-order valence-corrected chi connectivity index (χ1v) is 12.0. The van der Waals surface area contributed by atoms with Gasteiger partial charge in [0.05, 0.1) is 30.7 Å². The first-order valence-electron chi connectivity index (χ1n) is 12.0. The number of benzene rings is 3. The Balaban J connectivity index is 1.76. The van der Waals surface area contributed by atoms with Crippen molar-refractivity contribution in [2.24, 2.45) is 0 Å². The molecule has 0 radical (unpaired) electrons. The molecule has 1 aliphatic heterocycles. The summed E-state index contributed by atoms with van der Waals surface area (Å²) in [5.74, 6) is 1.26. The minimum Gasteiger partial charge on any atom is -0.497 e. The summed E-state index contributed by atoms with van der Waals surface area (Å²) >= 11 is 0. The van der Waals surface area contributed by atoms with Crippen LogP contribution in [0.1, 0.15) is 40.2 Å². The van der Waals surface area contributed by atoms with E-state index in [-0.39, 0.29) is 16.8 Å². The molecule has 1 unspecified atom stereocenters. The monoisotopic (exact) mass is 497 g/mol. The molecule has 1 amide bonds. The van der Waals surface area contributed by atoms with Crippen molar-refractivity contribution in [2.45, 2.75) is 19.9 Å². The van der Waals surface area contributed by atoms with E-state index < -0.39 is 11.9 Å². The van der Waals surface area contributed by atoms with Gasteiger partial charge in [-0.05, 0) is 55.8 Å². The van der Waals surface area contributed by atoms with Gasteiger partial charge in [-0.15, -0.1) is 0 Å². The molecule has 0 saturated carbocycles. The van der Waals surface area contributed by atoms with Crippen LogP contribution in [-0.4, -0.2) is 26.2 Å². The Bertz CT molecular complexity index is 1570. The predicted molar refractivity (Wildman–Crippen MR) is 142 cm³/mol. The Morgan fingerprint density at radius 1 is 1.03 bits per heavy atom. The Labute approximate surface area is 214 Å². The van der Waals surface area contributed by atoms with Gasteiger partial charge < -0.3 is 18.6 Å². The van der Waals surface area contributed by atoms with E-state index in [2.05, 4.69) is 6.58 Å². The van der Waals surface area contributed by atoms with Crippen molar-refractivity contribution in [3.63, 3.8) is 0 Å². The van der Waals surface area contributed by atoms with E-state index in [0.717, 1.165) is 5.56 Å². The topological polar surface area (TPSA) is 78.2 Å². The number of nitrogens with zero attached hydrogens (tertiary/aromatic N) is 1. The molecule has 0 saturated heterocycles. The molecule has 4 aromatic rings. The number of carbonyl (C=O) groups is 1. The maximum atomic E-state index is 13.9. The molecule has 1 atom stereocenters. The number of anilines is 1. The lowest BCUT2D eigenvalue weighted by Crippen LogP contribution is -2.29. The number of hydrogen-bond acceptors (Lipinski definition) is 6. The number of hydrogen-bond donors (Lipinski definition) is 0. The average Bonchev–Trinajstić information content (AvgIpc) is 3.21. The number of methoxy groups -OCH3 is 1. The van der Waals surface area contributed by atoms with Crippen molar-refractivity contribution >= 4 is 22.6 Å². The van der Waals surface area contributed by atoms with E-state index in [9.17, 15) is 9.59 Å². The van der Waals surface area contributed by atoms with Crippen LogP contribution < -0.4 is 24.5 Å². The second-order valence-corrected chi connectivity index (χ2v) is 8.69. The van der Waals surface area contributed by atoms with Gasteiger partial charge in [0.2, 0.25) is 5.76 Å². The van der Waals surface area contributed by atoms with Crippen LogP contribution in [0.25, 0.3) is 11.0 Å². The lowest BCUT2D eigenvalue weighted by atomic mass is 9.97. The number of aryl methyl sites for hydroxylation is 1. The van der Waals surface area contributed by atoms with E-state index in [1.807, 2.05) is 32.0 Å². The molecule has 2 heterocycles. The number of ether oxygens (including phenoxy) is 3. The smallest absolute Gasteiger partial charge is 0.295 e. The van der Waals surface area contributed by atoms with Crippen LogP contribution in [0.2, 0.25) is 0 Å². The lowest BCUT2D eigenvalue weighted by Gasteiger charge is -2.26. The summed E-state index contributed by atoms with van der Waals surface area (Å²) in [5.41, 5.74) is 2.60. The number of rotatable bonds is 8. The third kappa shape index (κ3) is 4.22. The SMILES string of the molecule is C=CCOc1ccc(C2c3c(oc4ccc(C)cc4c3=O)C(=O)N2c2cccc(OC)c2)cc1OCC. The summed E-state index contributed by atoms with van der Waals surface area (Å²) in [7, 11) is 1.56. The fourth-order valence-electron chi connectivity index (χ4n) is 4.66. The molecule has 1 aliphatic rings. The molecule has 0 N–H and O–H groups in total. The molecule has 0 fully saturated rings. The Morgan fingerprint density at radius 3 is 2.62 bits per heavy atom. The zero-order valence-corrected chi connectivity index (χ0v) is 20.9. The number of carbonyl (C=O) groups excluding carboxylic acids is 1. The van der Waals surface area contributed by atoms with Crippen molar-refractivity contribution in [3.8, 4) is 17.2 Å². The highest BCUT2D eigenvalue weighted by atomic mass is 16.5. The fraction of sp³-hybridized carbons (Fsp3) is 0.200. The summed E-state index contributed by atoms with van der Waals surface area (Å²) in [6, 6.07) is 17.2. The van der Waals surface area contributed by atoms with Crippen molar-refractivity contribution in [1.82, 2.24) is 0 Å². The van der Waals surface area contributed by atoms with E-state index in [0.29, 0.717) is 52.7 Å². The van der Waals surface area contributed by atoms with Gasteiger partial charge in [0.15, 0.2) is 16.9 Å². The molecular formula is C30H27NO6. The predicted octanol–water partition coefficient (Wildman–Crippen LogP) is 5.82. The van der Waals surface area contributed by atoms with Crippen LogP contribution in [0.5, 0.6) is 17.2 Å². The second-order valence-electron chi connectivity index (χ2n) is 8.69. The second kappa shape index (κ2) is 9.85. The first-order chi connectivity index (χ1) is 18.0. The minimum atomic E-state index is -0.747. The largest absolute Gasteiger partial charge is 0.497 e. The molecule has 0 spiro atoms. The normalized spacial score (nSPS) is 14.5. The highest BCUT2D eigenvalue weighted by molar-refractivity contribution is 6.10. The van der Waals surface area contributed by atoms with Gasteiger partial charge in [-0.1, -0.05) is 36.4 Å². The third-order valence-corrected chi connectivity index (χ3v) is 6.30. The Kier molecular flexibility index (Phi) is 6.44. The summed E-state index contributed by atoms with van der Waals surface area (Å²) in [4.78, 5) is 29.3. The maximum absolute atomic E-state index is 13.9. The molecule has 37 heavy (non-hydrogen) atoms. The number of amides is 1. The maximum Gasteiger partial charge on any atom is 0.295 e.